The van der Waals surface area contributed by atoms with Crippen LogP contribution in [-0.4, -0.2) is 18.1 Å². The van der Waals surface area contributed by atoms with Crippen LogP contribution in [0.15, 0.2) is 0 Å². The summed E-state index contributed by atoms with van der Waals surface area (Å²) in [7, 11) is 0. The third-order valence-corrected chi connectivity index (χ3v) is 4.15. The van der Waals surface area contributed by atoms with Crippen LogP contribution in [0, 0.1) is 12.3 Å². The van der Waals surface area contributed by atoms with Gasteiger partial charge in [0.25, 0.3) is 0 Å². The molecule has 1 rings (SSSR count). The highest BCUT2D eigenvalue weighted by Gasteiger charge is 2.31. The Hall–Kier alpha value is -1.17. The highest BCUT2D eigenvalue weighted by atomic mass is 16.2. The van der Waals surface area contributed by atoms with Crippen LogP contribution in [-0.2, 0) is 0 Å². The van der Waals surface area contributed by atoms with Crippen molar-refractivity contribution < 1.29 is 4.79 Å². The summed E-state index contributed by atoms with van der Waals surface area (Å²) in [6, 6.07) is -0.0987. The van der Waals surface area contributed by atoms with Crippen molar-refractivity contribution in [3.63, 3.8) is 0 Å². The number of hydrogen-bond acceptors (Lipinski definition) is 1. The molecule has 0 heterocycles. The van der Waals surface area contributed by atoms with Gasteiger partial charge in [0, 0.05) is 6.54 Å². The van der Waals surface area contributed by atoms with Gasteiger partial charge in [-0.05, 0) is 19.3 Å². The van der Waals surface area contributed by atoms with Crippen molar-refractivity contribution in [3.05, 3.63) is 0 Å². The van der Waals surface area contributed by atoms with Crippen LogP contribution in [0.5, 0.6) is 0 Å². The summed E-state index contributed by atoms with van der Waals surface area (Å²) in [6.07, 6.45) is 18.3. The number of unbranched alkanes of at least 4 members (excludes halogenated alkanes) is 5. The number of amides is 2. The van der Waals surface area contributed by atoms with Gasteiger partial charge < -0.3 is 10.6 Å². The zero-order chi connectivity index (χ0) is 14.7. The molecule has 1 aliphatic rings. The van der Waals surface area contributed by atoms with Crippen molar-refractivity contribution >= 4 is 6.03 Å². The second kappa shape index (κ2) is 9.69. The number of carbonyl (C=O) groups excluding carboxylic acids is 1. The number of rotatable bonds is 8. The monoisotopic (exact) mass is 278 g/mol. The van der Waals surface area contributed by atoms with Gasteiger partial charge in [0.2, 0.25) is 0 Å². The van der Waals surface area contributed by atoms with E-state index in [4.69, 9.17) is 6.42 Å². The average Bonchev–Trinajstić information content (AvgIpc) is 2.47. The molecule has 114 valence electrons. The first-order chi connectivity index (χ1) is 9.72. The van der Waals surface area contributed by atoms with E-state index in [2.05, 4.69) is 23.5 Å². The first-order valence-corrected chi connectivity index (χ1v) is 8.26. The third kappa shape index (κ3) is 6.32. The van der Waals surface area contributed by atoms with Crippen LogP contribution in [0.3, 0.4) is 0 Å². The van der Waals surface area contributed by atoms with Crippen LogP contribution >= 0.6 is 0 Å². The van der Waals surface area contributed by atoms with Crippen molar-refractivity contribution in [1.29, 1.82) is 0 Å². The van der Waals surface area contributed by atoms with Gasteiger partial charge in [-0.2, -0.15) is 0 Å². The Morgan fingerprint density at radius 2 is 1.75 bits per heavy atom. The Labute approximate surface area is 124 Å². The molecule has 3 nitrogen and oxygen atoms in total. The molecule has 1 aliphatic carbocycles. The van der Waals surface area contributed by atoms with Crippen LogP contribution in [0.4, 0.5) is 4.79 Å². The summed E-state index contributed by atoms with van der Waals surface area (Å²) >= 11 is 0. The Balaban J connectivity index is 2.12. The first kappa shape index (κ1) is 16.9. The summed E-state index contributed by atoms with van der Waals surface area (Å²) in [5, 5.41) is 5.94. The van der Waals surface area contributed by atoms with Crippen LogP contribution in [0.25, 0.3) is 0 Å². The standard InChI is InChI=1S/C17H30N2O/c1-3-5-6-7-8-12-15-18-16(20)19-17(4-2)13-10-9-11-14-17/h2H,3,5-15H2,1H3,(H2,18,19,20). The van der Waals surface area contributed by atoms with E-state index >= 15 is 0 Å². The normalized spacial score (nSPS) is 17.2. The van der Waals surface area contributed by atoms with E-state index in [9.17, 15) is 4.79 Å². The summed E-state index contributed by atoms with van der Waals surface area (Å²) in [5.74, 6) is 2.80. The van der Waals surface area contributed by atoms with E-state index in [0.29, 0.717) is 0 Å². The molecule has 0 saturated heterocycles. The van der Waals surface area contributed by atoms with Gasteiger partial charge in [-0.3, -0.25) is 0 Å². The molecule has 0 aromatic rings. The van der Waals surface area contributed by atoms with E-state index in [0.717, 1.165) is 38.6 Å². The minimum Gasteiger partial charge on any atom is -0.338 e. The second-order valence-corrected chi connectivity index (χ2v) is 5.94. The van der Waals surface area contributed by atoms with Crippen molar-refractivity contribution in [2.24, 2.45) is 0 Å². The Kier molecular flexibility index (Phi) is 8.18. The van der Waals surface area contributed by atoms with Gasteiger partial charge in [0.1, 0.15) is 5.54 Å². The predicted octanol–water partition coefficient (Wildman–Crippen LogP) is 3.98. The predicted molar refractivity (Wildman–Crippen MR) is 84.6 cm³/mol. The Morgan fingerprint density at radius 3 is 2.40 bits per heavy atom. The molecule has 0 bridgehead atoms. The SMILES string of the molecule is C#CC1(NC(=O)NCCCCCCCC)CCCCC1. The quantitative estimate of drug-likeness (QED) is 0.512. The molecule has 0 atom stereocenters. The molecule has 0 spiro atoms. The molecular formula is C17H30N2O. The summed E-state index contributed by atoms with van der Waals surface area (Å²) in [4.78, 5) is 11.9. The molecule has 20 heavy (non-hydrogen) atoms. The number of urea groups is 1. The fourth-order valence-corrected chi connectivity index (χ4v) is 2.83. The lowest BCUT2D eigenvalue weighted by molar-refractivity contribution is 0.222. The molecule has 0 aromatic carbocycles. The minimum atomic E-state index is -0.399. The van der Waals surface area contributed by atoms with Crippen molar-refractivity contribution in [2.75, 3.05) is 6.54 Å². The molecular weight excluding hydrogens is 248 g/mol. The molecule has 0 aromatic heterocycles. The summed E-state index contributed by atoms with van der Waals surface area (Å²) in [5.41, 5.74) is -0.399. The molecule has 2 amide bonds. The van der Waals surface area contributed by atoms with Gasteiger partial charge in [-0.15, -0.1) is 6.42 Å². The van der Waals surface area contributed by atoms with Gasteiger partial charge in [0.15, 0.2) is 0 Å². The zero-order valence-electron chi connectivity index (χ0n) is 13.0. The van der Waals surface area contributed by atoms with E-state index in [1.54, 1.807) is 0 Å². The lowest BCUT2D eigenvalue weighted by Gasteiger charge is -2.33. The molecule has 2 N–H and O–H groups in total. The summed E-state index contributed by atoms with van der Waals surface area (Å²) < 4.78 is 0. The lowest BCUT2D eigenvalue weighted by Crippen LogP contribution is -2.52. The maximum absolute atomic E-state index is 11.9. The second-order valence-electron chi connectivity index (χ2n) is 5.94. The van der Waals surface area contributed by atoms with Crippen molar-refractivity contribution in [1.82, 2.24) is 10.6 Å². The van der Waals surface area contributed by atoms with E-state index in [-0.39, 0.29) is 6.03 Å². The molecule has 1 saturated carbocycles. The largest absolute Gasteiger partial charge is 0.338 e. The van der Waals surface area contributed by atoms with Crippen LogP contribution in [0.1, 0.15) is 77.6 Å². The van der Waals surface area contributed by atoms with Gasteiger partial charge in [0.05, 0.1) is 0 Å². The minimum absolute atomic E-state index is 0.0987. The van der Waals surface area contributed by atoms with Gasteiger partial charge >= 0.3 is 6.03 Å². The number of carbonyl (C=O) groups is 1. The number of hydrogen-bond donors (Lipinski definition) is 2. The maximum Gasteiger partial charge on any atom is 0.315 e. The van der Waals surface area contributed by atoms with Crippen molar-refractivity contribution in [3.8, 4) is 12.3 Å². The smallest absolute Gasteiger partial charge is 0.315 e. The fraction of sp³-hybridized carbons (Fsp3) is 0.824. The molecule has 0 unspecified atom stereocenters. The summed E-state index contributed by atoms with van der Waals surface area (Å²) in [6.45, 7) is 2.97. The number of terminal acetylenes is 1. The zero-order valence-corrected chi connectivity index (χ0v) is 13.0. The highest BCUT2D eigenvalue weighted by molar-refractivity contribution is 5.75. The third-order valence-electron chi connectivity index (χ3n) is 4.15. The van der Waals surface area contributed by atoms with E-state index in [1.807, 2.05) is 0 Å². The molecule has 3 heteroatoms. The van der Waals surface area contributed by atoms with Crippen LogP contribution < -0.4 is 10.6 Å². The van der Waals surface area contributed by atoms with E-state index < -0.39 is 5.54 Å². The van der Waals surface area contributed by atoms with Crippen LogP contribution in [0.2, 0.25) is 0 Å². The molecule has 0 aliphatic heterocycles. The Morgan fingerprint density at radius 1 is 1.10 bits per heavy atom. The lowest BCUT2D eigenvalue weighted by atomic mass is 9.82. The number of nitrogens with one attached hydrogen (secondary N) is 2. The molecule has 0 radical (unpaired) electrons. The topological polar surface area (TPSA) is 41.1 Å². The van der Waals surface area contributed by atoms with Gasteiger partial charge in [-0.25, -0.2) is 4.79 Å². The fourth-order valence-electron chi connectivity index (χ4n) is 2.83. The highest BCUT2D eigenvalue weighted by Crippen LogP contribution is 2.27. The average molecular weight is 278 g/mol. The maximum atomic E-state index is 11.9. The van der Waals surface area contributed by atoms with Gasteiger partial charge in [-0.1, -0.05) is 64.2 Å². The van der Waals surface area contributed by atoms with E-state index in [1.165, 1.54) is 38.5 Å². The Bertz CT molecular complexity index is 313. The first-order valence-electron chi connectivity index (χ1n) is 8.26. The molecule has 1 fully saturated rings. The van der Waals surface area contributed by atoms with Crippen molar-refractivity contribution in [2.45, 2.75) is 83.1 Å².